The first-order chi connectivity index (χ1) is 17.8. The van der Waals surface area contributed by atoms with Crippen LogP contribution < -0.4 is 16.1 Å². The second kappa shape index (κ2) is 14.8. The fourth-order valence-electron chi connectivity index (χ4n) is 3.84. The number of likely N-dealkylation sites (N-methyl/N-ethyl adjacent to an activating group) is 1. The SMILES string of the molecule is CC[N+](CC)(CC)CC(=O)Nc1ccc(C#CC#Cc2ccc(CN[C@H](C(=O)NO)[C@@H](C)O)cc2)cc1. The second-order valence-electron chi connectivity index (χ2n) is 8.85. The number of benzene rings is 2. The summed E-state index contributed by atoms with van der Waals surface area (Å²) in [6, 6.07) is 13.9. The molecule has 2 aromatic carbocycles. The van der Waals surface area contributed by atoms with E-state index in [2.05, 4.69) is 55.1 Å². The van der Waals surface area contributed by atoms with Gasteiger partial charge in [0.25, 0.3) is 11.8 Å². The van der Waals surface area contributed by atoms with Gasteiger partial charge in [0.1, 0.15) is 6.04 Å². The minimum absolute atomic E-state index is 0.00970. The molecule has 0 aliphatic rings. The lowest BCUT2D eigenvalue weighted by atomic mass is 10.1. The molecular weight excluding hydrogens is 468 g/mol. The molecule has 0 heterocycles. The van der Waals surface area contributed by atoms with Crippen molar-refractivity contribution in [3.63, 3.8) is 0 Å². The van der Waals surface area contributed by atoms with Crippen LogP contribution in [0.4, 0.5) is 5.69 Å². The molecule has 2 amide bonds. The van der Waals surface area contributed by atoms with E-state index in [0.29, 0.717) is 13.1 Å². The van der Waals surface area contributed by atoms with Gasteiger partial charge in [0.15, 0.2) is 6.54 Å². The highest BCUT2D eigenvalue weighted by atomic mass is 16.5. The van der Waals surface area contributed by atoms with Crippen molar-refractivity contribution < 1.29 is 24.4 Å². The molecule has 0 spiro atoms. The summed E-state index contributed by atoms with van der Waals surface area (Å²) in [7, 11) is 0. The number of quaternary nitrogens is 1. The van der Waals surface area contributed by atoms with Crippen LogP contribution in [0.3, 0.4) is 0 Å². The number of nitrogens with one attached hydrogen (secondary N) is 3. The first-order valence-electron chi connectivity index (χ1n) is 12.5. The van der Waals surface area contributed by atoms with Crippen LogP contribution in [0.5, 0.6) is 0 Å². The molecular formula is C29H37N4O4+. The van der Waals surface area contributed by atoms with E-state index in [0.717, 1.165) is 46.5 Å². The fourth-order valence-corrected chi connectivity index (χ4v) is 3.84. The van der Waals surface area contributed by atoms with Crippen molar-refractivity contribution in [3.05, 3.63) is 65.2 Å². The van der Waals surface area contributed by atoms with Crippen LogP contribution in [0.25, 0.3) is 0 Å². The van der Waals surface area contributed by atoms with Crippen molar-refractivity contribution in [2.75, 3.05) is 31.5 Å². The van der Waals surface area contributed by atoms with E-state index in [1.807, 2.05) is 48.5 Å². The zero-order chi connectivity index (χ0) is 27.3. The van der Waals surface area contributed by atoms with Crippen molar-refractivity contribution >= 4 is 17.5 Å². The first kappa shape index (κ1) is 29.6. The van der Waals surface area contributed by atoms with Crippen LogP contribution in [0.1, 0.15) is 44.4 Å². The Hall–Kier alpha value is -3.66. The summed E-state index contributed by atoms with van der Waals surface area (Å²) in [6.45, 7) is 11.4. The number of amides is 2. The van der Waals surface area contributed by atoms with Gasteiger partial charge in [-0.25, -0.2) is 5.48 Å². The molecule has 0 radical (unpaired) electrons. The number of rotatable bonds is 11. The number of aliphatic hydroxyl groups excluding tert-OH is 1. The first-order valence-corrected chi connectivity index (χ1v) is 12.5. The third kappa shape index (κ3) is 9.38. The van der Waals surface area contributed by atoms with Gasteiger partial charge in [-0.3, -0.25) is 20.1 Å². The van der Waals surface area contributed by atoms with Gasteiger partial charge in [-0.15, -0.1) is 0 Å². The Morgan fingerprint density at radius 1 is 0.892 bits per heavy atom. The van der Waals surface area contributed by atoms with E-state index in [4.69, 9.17) is 5.21 Å². The van der Waals surface area contributed by atoms with Crippen LogP contribution in [0.2, 0.25) is 0 Å². The number of carbonyl (C=O) groups excluding carboxylic acids is 2. The number of aliphatic hydroxyl groups is 1. The molecule has 0 aromatic heterocycles. The summed E-state index contributed by atoms with van der Waals surface area (Å²) in [5.74, 6) is 11.0. The van der Waals surface area contributed by atoms with Crippen molar-refractivity contribution in [1.82, 2.24) is 10.8 Å². The molecule has 0 fully saturated rings. The van der Waals surface area contributed by atoms with Crippen LogP contribution in [0, 0.1) is 23.7 Å². The quantitative estimate of drug-likeness (QED) is 0.139. The molecule has 0 saturated heterocycles. The lowest BCUT2D eigenvalue weighted by Crippen LogP contribution is -2.51. The largest absolute Gasteiger partial charge is 0.391 e. The summed E-state index contributed by atoms with van der Waals surface area (Å²) in [5.41, 5.74) is 4.77. The smallest absolute Gasteiger partial charge is 0.279 e. The predicted molar refractivity (Wildman–Crippen MR) is 144 cm³/mol. The van der Waals surface area contributed by atoms with Gasteiger partial charge in [0.2, 0.25) is 0 Å². The van der Waals surface area contributed by atoms with E-state index < -0.39 is 18.1 Å². The van der Waals surface area contributed by atoms with Gasteiger partial charge < -0.3 is 14.9 Å². The Kier molecular flexibility index (Phi) is 11.8. The standard InChI is InChI=1S/C29H36N4O4/c1-5-33(6-2,7-3)21-27(35)31-26-18-16-24(17-19-26)11-9-8-10-23-12-14-25(15-13-23)20-30-28(22(4)34)29(36)32-37/h12-19,22,28,30,34H,5-7,20-21H2,1-4H3,(H2-,31,32,35,36,37)/p+1/t22-,28+/m1/s1. The molecule has 8 nitrogen and oxygen atoms in total. The number of anilines is 1. The molecule has 0 aliphatic heterocycles. The molecule has 0 aliphatic carbocycles. The van der Waals surface area contributed by atoms with Gasteiger partial charge in [0.05, 0.1) is 25.7 Å². The maximum Gasteiger partial charge on any atom is 0.279 e. The number of nitrogens with zero attached hydrogens (tertiary/aromatic N) is 1. The van der Waals surface area contributed by atoms with Crippen LogP contribution in [0.15, 0.2) is 48.5 Å². The summed E-state index contributed by atoms with van der Waals surface area (Å²) in [6.07, 6.45) is -0.960. The zero-order valence-corrected chi connectivity index (χ0v) is 22.0. The molecule has 8 heteroatoms. The Bertz CT molecular complexity index is 1140. The van der Waals surface area contributed by atoms with Crippen molar-refractivity contribution in [2.45, 2.75) is 46.4 Å². The number of hydrogen-bond acceptors (Lipinski definition) is 5. The van der Waals surface area contributed by atoms with E-state index in [1.54, 1.807) is 5.48 Å². The Morgan fingerprint density at radius 2 is 1.41 bits per heavy atom. The second-order valence-corrected chi connectivity index (χ2v) is 8.85. The maximum absolute atomic E-state index is 12.5. The molecule has 2 atom stereocenters. The highest BCUT2D eigenvalue weighted by Gasteiger charge is 2.25. The van der Waals surface area contributed by atoms with E-state index in [1.165, 1.54) is 6.92 Å². The third-order valence-electron chi connectivity index (χ3n) is 6.49. The van der Waals surface area contributed by atoms with Gasteiger partial charge in [0, 0.05) is 23.4 Å². The monoisotopic (exact) mass is 505 g/mol. The summed E-state index contributed by atoms with van der Waals surface area (Å²) < 4.78 is 0.764. The molecule has 2 rings (SSSR count). The van der Waals surface area contributed by atoms with Crippen LogP contribution in [-0.2, 0) is 16.1 Å². The lowest BCUT2D eigenvalue weighted by Gasteiger charge is -2.34. The third-order valence-corrected chi connectivity index (χ3v) is 6.49. The normalized spacial score (nSPS) is 12.3. The van der Waals surface area contributed by atoms with Crippen molar-refractivity contribution in [3.8, 4) is 23.7 Å². The van der Waals surface area contributed by atoms with E-state index >= 15 is 0 Å². The molecule has 5 N–H and O–H groups in total. The number of carbonyl (C=O) groups is 2. The van der Waals surface area contributed by atoms with Crippen molar-refractivity contribution in [1.29, 1.82) is 0 Å². The average molecular weight is 506 g/mol. The molecule has 37 heavy (non-hydrogen) atoms. The maximum atomic E-state index is 12.5. The number of hydroxylamine groups is 1. The van der Waals surface area contributed by atoms with E-state index in [-0.39, 0.29) is 5.91 Å². The van der Waals surface area contributed by atoms with Crippen LogP contribution in [-0.4, -0.2) is 64.9 Å². The minimum atomic E-state index is -0.960. The Labute approximate surface area is 219 Å². The Balaban J connectivity index is 1.91. The van der Waals surface area contributed by atoms with E-state index in [9.17, 15) is 14.7 Å². The predicted octanol–water partition coefficient (Wildman–Crippen LogP) is 2.25. The molecule has 0 unspecified atom stereocenters. The van der Waals surface area contributed by atoms with Crippen LogP contribution >= 0.6 is 0 Å². The average Bonchev–Trinajstić information content (AvgIpc) is 2.91. The highest BCUT2D eigenvalue weighted by molar-refractivity contribution is 5.91. The van der Waals surface area contributed by atoms with Gasteiger partial charge in [-0.05, 0) is 81.5 Å². The van der Waals surface area contributed by atoms with Gasteiger partial charge in [-0.1, -0.05) is 24.0 Å². The molecule has 0 bridgehead atoms. The lowest BCUT2D eigenvalue weighted by molar-refractivity contribution is -0.915. The fraction of sp³-hybridized carbons (Fsp3) is 0.379. The summed E-state index contributed by atoms with van der Waals surface area (Å²) in [4.78, 5) is 24.1. The van der Waals surface area contributed by atoms with Gasteiger partial charge in [-0.2, -0.15) is 0 Å². The molecule has 0 saturated carbocycles. The molecule has 2 aromatic rings. The highest BCUT2D eigenvalue weighted by Crippen LogP contribution is 2.11. The molecule has 196 valence electrons. The topological polar surface area (TPSA) is 111 Å². The summed E-state index contributed by atoms with van der Waals surface area (Å²) >= 11 is 0. The zero-order valence-electron chi connectivity index (χ0n) is 22.0. The Morgan fingerprint density at radius 3 is 1.86 bits per heavy atom. The minimum Gasteiger partial charge on any atom is -0.391 e. The van der Waals surface area contributed by atoms with Gasteiger partial charge >= 0.3 is 0 Å². The summed E-state index contributed by atoms with van der Waals surface area (Å²) in [5, 5.41) is 24.3. The van der Waals surface area contributed by atoms with Crippen molar-refractivity contribution in [2.24, 2.45) is 0 Å². The number of hydrogen-bond donors (Lipinski definition) is 5.